The van der Waals surface area contributed by atoms with E-state index in [2.05, 4.69) is 27.5 Å². The van der Waals surface area contributed by atoms with Gasteiger partial charge in [-0.2, -0.15) is 0 Å². The molecule has 0 aliphatic carbocycles. The number of methoxy groups -OCH3 is 1. The molecular weight excluding hydrogens is 450 g/mol. The molecule has 0 spiro atoms. The van der Waals surface area contributed by atoms with Crippen molar-refractivity contribution in [1.29, 1.82) is 0 Å². The zero-order chi connectivity index (χ0) is 23.5. The third kappa shape index (κ3) is 4.27. The van der Waals surface area contributed by atoms with Gasteiger partial charge in [0, 0.05) is 22.9 Å². The lowest BCUT2D eigenvalue weighted by Crippen LogP contribution is -2.59. The van der Waals surface area contributed by atoms with Crippen LogP contribution in [0, 0.1) is 5.92 Å². The maximum absolute atomic E-state index is 12.9. The Morgan fingerprint density at radius 3 is 2.71 bits per heavy atom. The molecule has 8 heteroatoms. The molecular formula is C26H25N3O4S. The van der Waals surface area contributed by atoms with E-state index in [-0.39, 0.29) is 18.6 Å². The number of anilines is 1. The molecule has 5 rings (SSSR count). The zero-order valence-corrected chi connectivity index (χ0v) is 19.5. The van der Waals surface area contributed by atoms with E-state index >= 15 is 0 Å². The third-order valence-electron chi connectivity index (χ3n) is 6.22. The van der Waals surface area contributed by atoms with Gasteiger partial charge in [-0.05, 0) is 53.8 Å². The van der Waals surface area contributed by atoms with Crippen molar-refractivity contribution in [2.75, 3.05) is 19.0 Å². The van der Waals surface area contributed by atoms with E-state index in [0.29, 0.717) is 29.8 Å². The molecule has 2 heterocycles. The summed E-state index contributed by atoms with van der Waals surface area (Å²) < 4.78 is 15.1. The van der Waals surface area contributed by atoms with Crippen LogP contribution in [0.15, 0.2) is 77.7 Å². The van der Waals surface area contributed by atoms with Gasteiger partial charge in [0.05, 0.1) is 25.0 Å². The first-order valence-corrected chi connectivity index (χ1v) is 11.9. The molecule has 2 amide bonds. The maximum Gasteiger partial charge on any atom is 0.337 e. The second-order valence-corrected chi connectivity index (χ2v) is 9.23. The molecule has 34 heavy (non-hydrogen) atoms. The molecule has 0 saturated carbocycles. The van der Waals surface area contributed by atoms with E-state index in [4.69, 9.17) is 9.47 Å². The number of amides is 2. The summed E-state index contributed by atoms with van der Waals surface area (Å²) in [4.78, 5) is 26.4. The summed E-state index contributed by atoms with van der Waals surface area (Å²) in [6.07, 6.45) is 0.674. The Kier molecular flexibility index (Phi) is 6.28. The van der Waals surface area contributed by atoms with E-state index < -0.39 is 11.7 Å². The van der Waals surface area contributed by atoms with Crippen LogP contribution >= 0.6 is 11.9 Å². The van der Waals surface area contributed by atoms with Crippen molar-refractivity contribution < 1.29 is 19.1 Å². The summed E-state index contributed by atoms with van der Waals surface area (Å²) in [6.45, 7) is 0.866. The van der Waals surface area contributed by atoms with Crippen LogP contribution in [-0.2, 0) is 28.2 Å². The lowest BCUT2D eigenvalue weighted by Gasteiger charge is -2.44. The lowest BCUT2D eigenvalue weighted by atomic mass is 9.81. The maximum atomic E-state index is 12.9. The predicted octanol–water partition coefficient (Wildman–Crippen LogP) is 4.45. The smallest absolute Gasteiger partial charge is 0.337 e. The van der Waals surface area contributed by atoms with Gasteiger partial charge in [0.1, 0.15) is 0 Å². The van der Waals surface area contributed by atoms with Crippen molar-refractivity contribution in [3.05, 3.63) is 95.1 Å². The van der Waals surface area contributed by atoms with E-state index in [1.807, 2.05) is 42.5 Å². The Labute approximate surface area is 202 Å². The molecule has 2 aliphatic rings. The Morgan fingerprint density at radius 2 is 1.88 bits per heavy atom. The molecule has 0 saturated heterocycles. The van der Waals surface area contributed by atoms with Gasteiger partial charge >= 0.3 is 12.0 Å². The highest BCUT2D eigenvalue weighted by Gasteiger charge is 2.48. The van der Waals surface area contributed by atoms with Crippen molar-refractivity contribution in [2.24, 2.45) is 5.92 Å². The number of benzene rings is 3. The molecule has 0 aromatic heterocycles. The van der Waals surface area contributed by atoms with Gasteiger partial charge in [0.25, 0.3) is 0 Å². The van der Waals surface area contributed by atoms with Crippen molar-refractivity contribution in [2.45, 2.75) is 23.6 Å². The number of carbonyl (C=O) groups is 2. The summed E-state index contributed by atoms with van der Waals surface area (Å²) in [5.41, 5.74) is 2.67. The van der Waals surface area contributed by atoms with Gasteiger partial charge in [-0.3, -0.25) is 4.72 Å². The minimum absolute atomic E-state index is 0.162. The SMILES string of the molecule is COC(=O)c1ccc2c(c1)C(OCc1ccccc1)(C1CNSc3ccccc3C1)NC(=O)N2. The number of fused-ring (bicyclic) bond motifs is 2. The fraction of sp³-hybridized carbons (Fsp3) is 0.231. The first-order chi connectivity index (χ1) is 16.6. The average molecular weight is 476 g/mol. The quantitative estimate of drug-likeness (QED) is 0.373. The van der Waals surface area contributed by atoms with Crippen LogP contribution in [0.3, 0.4) is 0 Å². The van der Waals surface area contributed by atoms with Gasteiger partial charge in [0.15, 0.2) is 5.72 Å². The standard InChI is InChI=1S/C26H25N3O4S/c1-32-24(30)19-11-12-22-21(14-19)26(29-25(31)28-22,33-16-17-7-3-2-4-8-17)20-13-18-9-5-6-10-23(18)34-27-15-20/h2-12,14,20,27H,13,15-16H2,1H3,(H2,28,29,31). The van der Waals surface area contributed by atoms with Gasteiger partial charge in [0.2, 0.25) is 0 Å². The third-order valence-corrected chi connectivity index (χ3v) is 7.15. The fourth-order valence-electron chi connectivity index (χ4n) is 4.54. The Hall–Kier alpha value is -3.33. The number of hydrogen-bond acceptors (Lipinski definition) is 6. The van der Waals surface area contributed by atoms with Crippen LogP contribution in [0.4, 0.5) is 10.5 Å². The Bertz CT molecular complexity index is 1220. The van der Waals surface area contributed by atoms with Crippen LogP contribution in [0.25, 0.3) is 0 Å². The number of urea groups is 1. The molecule has 174 valence electrons. The monoisotopic (exact) mass is 475 g/mol. The number of rotatable bonds is 5. The molecule has 0 bridgehead atoms. The van der Waals surface area contributed by atoms with Crippen LogP contribution < -0.4 is 15.4 Å². The molecule has 2 aliphatic heterocycles. The average Bonchev–Trinajstić information content (AvgIpc) is 3.10. The van der Waals surface area contributed by atoms with Crippen molar-refractivity contribution in [1.82, 2.24) is 10.0 Å². The second kappa shape index (κ2) is 9.50. The summed E-state index contributed by atoms with van der Waals surface area (Å²) >= 11 is 1.58. The van der Waals surface area contributed by atoms with Crippen molar-refractivity contribution in [3.63, 3.8) is 0 Å². The van der Waals surface area contributed by atoms with Gasteiger partial charge in [-0.15, -0.1) is 0 Å². The first kappa shape index (κ1) is 22.5. The Balaban J connectivity index is 1.63. The first-order valence-electron chi connectivity index (χ1n) is 11.1. The minimum atomic E-state index is -1.18. The van der Waals surface area contributed by atoms with Crippen LogP contribution in [-0.4, -0.2) is 25.7 Å². The topological polar surface area (TPSA) is 88.7 Å². The van der Waals surface area contributed by atoms with Gasteiger partial charge < -0.3 is 20.1 Å². The number of ether oxygens (including phenoxy) is 2. The summed E-state index contributed by atoms with van der Waals surface area (Å²) in [7, 11) is 1.35. The van der Waals surface area contributed by atoms with E-state index in [1.54, 1.807) is 30.1 Å². The molecule has 2 atom stereocenters. The van der Waals surface area contributed by atoms with Crippen LogP contribution in [0.2, 0.25) is 0 Å². The largest absolute Gasteiger partial charge is 0.465 e. The molecule has 2 unspecified atom stereocenters. The molecule has 3 aromatic rings. The lowest BCUT2D eigenvalue weighted by molar-refractivity contribution is -0.118. The van der Waals surface area contributed by atoms with Gasteiger partial charge in [-0.25, -0.2) is 9.59 Å². The minimum Gasteiger partial charge on any atom is -0.465 e. The molecule has 3 aromatic carbocycles. The highest BCUT2D eigenvalue weighted by Crippen LogP contribution is 2.43. The van der Waals surface area contributed by atoms with Crippen LogP contribution in [0.5, 0.6) is 0 Å². The number of carbonyl (C=O) groups excluding carboxylic acids is 2. The summed E-state index contributed by atoms with van der Waals surface area (Å²) in [5, 5.41) is 5.96. The molecule has 0 fully saturated rings. The highest BCUT2D eigenvalue weighted by atomic mass is 32.2. The van der Waals surface area contributed by atoms with Gasteiger partial charge in [-0.1, -0.05) is 48.5 Å². The highest BCUT2D eigenvalue weighted by molar-refractivity contribution is 7.97. The molecule has 3 N–H and O–H groups in total. The van der Waals surface area contributed by atoms with Crippen LogP contribution in [0.1, 0.15) is 27.0 Å². The summed E-state index contributed by atoms with van der Waals surface area (Å²) in [5.74, 6) is -0.610. The van der Waals surface area contributed by atoms with E-state index in [9.17, 15) is 9.59 Å². The molecule has 7 nitrogen and oxygen atoms in total. The zero-order valence-electron chi connectivity index (χ0n) is 18.7. The second-order valence-electron chi connectivity index (χ2n) is 8.30. The predicted molar refractivity (Wildman–Crippen MR) is 130 cm³/mol. The normalized spacial score (nSPS) is 21.3. The number of esters is 1. The number of nitrogens with one attached hydrogen (secondary N) is 3. The molecule has 0 radical (unpaired) electrons. The number of hydrogen-bond donors (Lipinski definition) is 3. The van der Waals surface area contributed by atoms with Crippen molar-refractivity contribution in [3.8, 4) is 0 Å². The van der Waals surface area contributed by atoms with E-state index in [0.717, 1.165) is 10.5 Å². The van der Waals surface area contributed by atoms with Crippen molar-refractivity contribution >= 4 is 29.6 Å². The van der Waals surface area contributed by atoms with E-state index in [1.165, 1.54) is 12.7 Å². The summed E-state index contributed by atoms with van der Waals surface area (Å²) in [6, 6.07) is 22.8. The Morgan fingerprint density at radius 1 is 1.09 bits per heavy atom. The fourth-order valence-corrected chi connectivity index (χ4v) is 5.41.